The van der Waals surface area contributed by atoms with Gasteiger partial charge in [-0.1, -0.05) is 35.4 Å². The zero-order valence-corrected chi connectivity index (χ0v) is 26.5. The summed E-state index contributed by atoms with van der Waals surface area (Å²) >= 11 is -0.440. The van der Waals surface area contributed by atoms with Crippen LogP contribution in [0.4, 0.5) is 17.1 Å². The molecule has 0 amide bonds. The van der Waals surface area contributed by atoms with Crippen LogP contribution < -0.4 is 14.5 Å². The van der Waals surface area contributed by atoms with Crippen molar-refractivity contribution in [2.24, 2.45) is 0 Å². The van der Waals surface area contributed by atoms with E-state index in [-0.39, 0.29) is 11.8 Å². The second kappa shape index (κ2) is 13.5. The van der Waals surface area contributed by atoms with Gasteiger partial charge in [0.1, 0.15) is 0 Å². The number of nitro benzene ring substituents is 1. The van der Waals surface area contributed by atoms with Crippen molar-refractivity contribution >= 4 is 31.4 Å². The van der Waals surface area contributed by atoms with Gasteiger partial charge < -0.3 is 9.80 Å². The zero-order valence-electron chi connectivity index (χ0n) is 24.0. The van der Waals surface area contributed by atoms with Gasteiger partial charge in [-0.25, -0.2) is 0 Å². The predicted molar refractivity (Wildman–Crippen MR) is 160 cm³/mol. The molecule has 3 aromatic rings. The minimum atomic E-state index is -0.440. The third-order valence-corrected chi connectivity index (χ3v) is 7.61. The van der Waals surface area contributed by atoms with E-state index in [0.717, 1.165) is 13.1 Å². The maximum Gasteiger partial charge on any atom is 0.0146 e. The Morgan fingerprint density at radius 2 is 1.36 bits per heavy atom. The van der Waals surface area contributed by atoms with Crippen LogP contribution in [-0.4, -0.2) is 28.7 Å². The molecule has 6 nitrogen and oxygen atoms in total. The molecule has 0 atom stereocenters. The fourth-order valence-corrected chi connectivity index (χ4v) is 6.31. The van der Waals surface area contributed by atoms with Gasteiger partial charge in [0.15, 0.2) is 0 Å². The summed E-state index contributed by atoms with van der Waals surface area (Å²) in [5.41, 5.74) is 11.6. The van der Waals surface area contributed by atoms with Crippen molar-refractivity contribution in [3.8, 4) is 5.75 Å². The molecule has 1 aliphatic rings. The molecule has 1 fully saturated rings. The Morgan fingerprint density at radius 3 is 1.74 bits per heavy atom. The van der Waals surface area contributed by atoms with Gasteiger partial charge in [-0.15, -0.1) is 0 Å². The van der Waals surface area contributed by atoms with Crippen molar-refractivity contribution in [2.75, 3.05) is 22.9 Å². The number of ether oxygens (including phenoxy) is 1. The van der Waals surface area contributed by atoms with Gasteiger partial charge in [0.05, 0.1) is 0 Å². The summed E-state index contributed by atoms with van der Waals surface area (Å²) in [4.78, 5) is 15.0. The van der Waals surface area contributed by atoms with E-state index >= 15 is 0 Å². The number of benzene rings is 3. The summed E-state index contributed by atoms with van der Waals surface area (Å²) in [6, 6.07) is 13.6. The molecule has 8 heteroatoms. The SMILES string of the molecule is CC(C)Oc1ccc([N+](=O)[O-])cc1[CH]=[Ru][Cl].Cc1cc(C)c(N2[CH-]N(c3c(C)cc(C)cc3C)CC2)c(C)c1. The predicted octanol–water partition coefficient (Wildman–Crippen LogP) is 7.75. The quantitative estimate of drug-likeness (QED) is 0.120. The minimum absolute atomic E-state index is 0.0275. The Morgan fingerprint density at radius 1 is 0.897 bits per heavy atom. The molecule has 1 aliphatic heterocycles. The zero-order chi connectivity index (χ0) is 28.9. The maximum atomic E-state index is 10.6. The van der Waals surface area contributed by atoms with Crippen LogP contribution in [0.1, 0.15) is 52.8 Å². The van der Waals surface area contributed by atoms with Crippen LogP contribution in [0.15, 0.2) is 42.5 Å². The van der Waals surface area contributed by atoms with E-state index < -0.39 is 20.6 Å². The number of hydrogen-bond donors (Lipinski definition) is 0. The topological polar surface area (TPSA) is 58.9 Å². The van der Waals surface area contributed by atoms with Gasteiger partial charge in [0.25, 0.3) is 0 Å². The van der Waals surface area contributed by atoms with Gasteiger partial charge in [-0.05, 0) is 63.8 Å². The van der Waals surface area contributed by atoms with Gasteiger partial charge in [-0.2, -0.15) is 6.67 Å². The number of nitrogens with zero attached hydrogens (tertiary/aromatic N) is 3. The van der Waals surface area contributed by atoms with E-state index in [1.54, 1.807) is 10.7 Å². The summed E-state index contributed by atoms with van der Waals surface area (Å²) in [7, 11) is 5.69. The maximum absolute atomic E-state index is 10.6. The summed E-state index contributed by atoms with van der Waals surface area (Å²) in [6.45, 7) is 21.4. The first kappa shape index (κ1) is 30.8. The van der Waals surface area contributed by atoms with Crippen molar-refractivity contribution in [1.82, 2.24) is 0 Å². The molecule has 0 bridgehead atoms. The van der Waals surface area contributed by atoms with Gasteiger partial charge in [-0.3, -0.25) is 0 Å². The molecule has 0 saturated carbocycles. The fraction of sp³-hybridized carbons (Fsp3) is 0.355. The molecule has 0 radical (unpaired) electrons. The molecule has 1 heterocycles. The molecule has 39 heavy (non-hydrogen) atoms. The summed E-state index contributed by atoms with van der Waals surface area (Å²) < 4.78 is 7.31. The first-order valence-corrected chi connectivity index (χ1v) is 16.2. The van der Waals surface area contributed by atoms with Gasteiger partial charge in [0.2, 0.25) is 0 Å². The number of anilines is 2. The van der Waals surface area contributed by atoms with E-state index in [1.807, 2.05) is 13.8 Å². The standard InChI is InChI=1S/C21H27N2.C10H11NO3.ClH.Ru/c1-14-9-16(3)20(17(4)10-14)22-7-8-23(13-22)21-18(5)11-15(2)12-19(21)6;1-7(2)14-10-5-4-9(11(12)13)6-8(10)3;;/h9-13H,7-8H2,1-6H3;3-7H,1-2H3;1H;/q-1;;;+1/p-1. The van der Waals surface area contributed by atoms with E-state index in [1.165, 1.54) is 56.9 Å². The van der Waals surface area contributed by atoms with Crippen molar-refractivity contribution in [2.45, 2.75) is 61.5 Å². The second-order valence-corrected chi connectivity index (χ2v) is 12.1. The van der Waals surface area contributed by atoms with Gasteiger partial charge in [0, 0.05) is 24.5 Å². The molecule has 0 aromatic heterocycles. The Balaban J connectivity index is 0.000000231. The van der Waals surface area contributed by atoms with E-state index in [0.29, 0.717) is 11.3 Å². The second-order valence-electron chi connectivity index (χ2n) is 10.3. The van der Waals surface area contributed by atoms with Crippen molar-refractivity contribution in [1.29, 1.82) is 0 Å². The molecule has 0 spiro atoms. The molecule has 1 saturated heterocycles. The largest absolute Gasteiger partial charge is 0.502 e. The molecule has 0 N–H and O–H groups in total. The molecule has 0 unspecified atom stereocenters. The number of aryl methyl sites for hydroxylation is 6. The molecule has 0 aliphatic carbocycles. The number of rotatable bonds is 6. The number of halogens is 1. The van der Waals surface area contributed by atoms with Crippen LogP contribution >= 0.6 is 9.69 Å². The minimum Gasteiger partial charge on any atom is -0.502 e. The van der Waals surface area contributed by atoms with E-state index in [2.05, 4.69) is 82.3 Å². The average molecular weight is 637 g/mol. The van der Waals surface area contributed by atoms with Crippen LogP contribution in [-0.2, 0) is 15.7 Å². The third-order valence-electron chi connectivity index (χ3n) is 6.42. The average Bonchev–Trinajstić information content (AvgIpc) is 3.28. The van der Waals surface area contributed by atoms with Crippen molar-refractivity contribution in [3.05, 3.63) is 98.2 Å². The number of non-ortho nitro benzene ring substituents is 1. The number of hydrogen-bond acceptors (Lipinski definition) is 5. The summed E-state index contributed by atoms with van der Waals surface area (Å²) in [5.74, 6) is 0.635. The molecule has 211 valence electrons. The monoisotopic (exact) mass is 637 g/mol. The Hall–Kier alpha value is -2.76. The van der Waals surface area contributed by atoms with Crippen LogP contribution in [0.25, 0.3) is 0 Å². The van der Waals surface area contributed by atoms with Crippen LogP contribution in [0.5, 0.6) is 5.75 Å². The third kappa shape index (κ3) is 7.89. The Bertz CT molecular complexity index is 1260. The van der Waals surface area contributed by atoms with Crippen LogP contribution in [0.2, 0.25) is 0 Å². The molecule has 4 rings (SSSR count). The normalized spacial score (nSPS) is 13.4. The number of nitro groups is 1. The fourth-order valence-electron chi connectivity index (χ4n) is 5.22. The molecular weight excluding hydrogens is 599 g/mol. The van der Waals surface area contributed by atoms with Crippen LogP contribution in [0, 0.1) is 58.3 Å². The smallest absolute Gasteiger partial charge is 0.0146 e. The summed E-state index contributed by atoms with van der Waals surface area (Å²) in [6.07, 6.45) is 0.0275. The van der Waals surface area contributed by atoms with Crippen molar-refractivity contribution < 1.29 is 25.3 Å². The summed E-state index contributed by atoms with van der Waals surface area (Å²) in [5, 5.41) is 10.6. The van der Waals surface area contributed by atoms with E-state index in [4.69, 9.17) is 14.4 Å². The van der Waals surface area contributed by atoms with Gasteiger partial charge >= 0.3 is 105 Å². The Labute approximate surface area is 244 Å². The molecule has 3 aromatic carbocycles. The van der Waals surface area contributed by atoms with Crippen LogP contribution in [0.3, 0.4) is 0 Å². The first-order valence-electron chi connectivity index (χ1n) is 13.0. The Kier molecular flexibility index (Phi) is 10.7. The van der Waals surface area contributed by atoms with Crippen molar-refractivity contribution in [3.63, 3.8) is 0 Å². The first-order chi connectivity index (χ1) is 18.4. The van der Waals surface area contributed by atoms with E-state index in [9.17, 15) is 10.1 Å². The molecular formula is C31H38ClN3O3Ru-.